The first-order chi connectivity index (χ1) is 15.2. The number of nitrogens with one attached hydrogen (secondary N) is 1. The molecular formula is C24H20F2N2O3S. The highest BCUT2D eigenvalue weighted by Gasteiger charge is 2.22. The molecule has 0 bridgehead atoms. The SMILES string of the molecule is Cc1cccc(CS(=O)(=O)c2cn(CC(=O)Nc3ccc(F)cc3F)c3ccccc23)c1. The second kappa shape index (κ2) is 8.55. The van der Waals surface area contributed by atoms with E-state index in [0.717, 1.165) is 17.7 Å². The summed E-state index contributed by atoms with van der Waals surface area (Å²) in [7, 11) is -3.70. The van der Waals surface area contributed by atoms with Crippen molar-refractivity contribution < 1.29 is 22.0 Å². The smallest absolute Gasteiger partial charge is 0.244 e. The van der Waals surface area contributed by atoms with Crippen LogP contribution in [0.15, 0.2) is 77.8 Å². The van der Waals surface area contributed by atoms with Crippen LogP contribution < -0.4 is 5.32 Å². The molecular weight excluding hydrogens is 434 g/mol. The van der Waals surface area contributed by atoms with E-state index < -0.39 is 27.4 Å². The molecule has 0 fully saturated rings. The Morgan fingerprint density at radius 3 is 2.53 bits per heavy atom. The molecule has 1 heterocycles. The summed E-state index contributed by atoms with van der Waals surface area (Å²) in [6, 6.07) is 17.0. The second-order valence-corrected chi connectivity index (χ2v) is 9.52. The van der Waals surface area contributed by atoms with E-state index >= 15 is 0 Å². The topological polar surface area (TPSA) is 68.2 Å². The van der Waals surface area contributed by atoms with Gasteiger partial charge in [0.25, 0.3) is 0 Å². The number of anilines is 1. The van der Waals surface area contributed by atoms with Crippen LogP contribution in [0, 0.1) is 18.6 Å². The van der Waals surface area contributed by atoms with Gasteiger partial charge in [-0.15, -0.1) is 0 Å². The van der Waals surface area contributed by atoms with Crippen molar-refractivity contribution in [3.8, 4) is 0 Å². The fourth-order valence-electron chi connectivity index (χ4n) is 3.63. The number of halogens is 2. The maximum Gasteiger partial charge on any atom is 0.244 e. The molecule has 164 valence electrons. The number of aryl methyl sites for hydroxylation is 1. The van der Waals surface area contributed by atoms with Gasteiger partial charge in [0.2, 0.25) is 5.91 Å². The standard InChI is InChI=1S/C24H20F2N2O3S/c1-16-5-4-6-17(11-16)15-32(30,31)23-13-28(22-8-3-2-7-19(22)23)14-24(29)27-21-10-9-18(25)12-20(21)26/h2-13H,14-15H2,1H3,(H,27,29). The molecule has 4 rings (SSSR count). The first kappa shape index (κ1) is 21.7. The van der Waals surface area contributed by atoms with Crippen LogP contribution in [-0.4, -0.2) is 18.9 Å². The summed E-state index contributed by atoms with van der Waals surface area (Å²) >= 11 is 0. The summed E-state index contributed by atoms with van der Waals surface area (Å²) in [5.74, 6) is -2.38. The summed E-state index contributed by atoms with van der Waals surface area (Å²) in [4.78, 5) is 12.6. The highest BCUT2D eigenvalue weighted by Crippen LogP contribution is 2.28. The lowest BCUT2D eigenvalue weighted by Gasteiger charge is -2.08. The summed E-state index contributed by atoms with van der Waals surface area (Å²) in [5.41, 5.74) is 2.04. The molecule has 0 saturated heterocycles. The lowest BCUT2D eigenvalue weighted by atomic mass is 10.2. The third-order valence-electron chi connectivity index (χ3n) is 5.05. The number of hydrogen-bond acceptors (Lipinski definition) is 3. The van der Waals surface area contributed by atoms with Gasteiger partial charge in [0.15, 0.2) is 9.84 Å². The molecule has 1 aromatic heterocycles. The van der Waals surface area contributed by atoms with Crippen LogP contribution in [-0.2, 0) is 26.9 Å². The average molecular weight is 454 g/mol. The van der Waals surface area contributed by atoms with Crippen LogP contribution in [0.3, 0.4) is 0 Å². The molecule has 0 spiro atoms. The van der Waals surface area contributed by atoms with Gasteiger partial charge >= 0.3 is 0 Å². The predicted octanol–water partition coefficient (Wildman–Crippen LogP) is 4.84. The van der Waals surface area contributed by atoms with Gasteiger partial charge < -0.3 is 9.88 Å². The molecule has 0 atom stereocenters. The van der Waals surface area contributed by atoms with Crippen LogP contribution in [0.5, 0.6) is 0 Å². The number of fused-ring (bicyclic) bond motifs is 1. The van der Waals surface area contributed by atoms with Gasteiger partial charge in [-0.3, -0.25) is 4.79 Å². The average Bonchev–Trinajstić information content (AvgIpc) is 3.09. The zero-order chi connectivity index (χ0) is 22.9. The van der Waals surface area contributed by atoms with E-state index in [0.29, 0.717) is 22.5 Å². The summed E-state index contributed by atoms with van der Waals surface area (Å²) < 4.78 is 54.8. The Hall–Kier alpha value is -3.52. The van der Waals surface area contributed by atoms with Gasteiger partial charge in [-0.05, 0) is 30.7 Å². The van der Waals surface area contributed by atoms with Crippen molar-refractivity contribution >= 4 is 32.3 Å². The Labute approximate surface area is 184 Å². The van der Waals surface area contributed by atoms with E-state index in [-0.39, 0.29) is 22.9 Å². The normalized spacial score (nSPS) is 11.6. The Morgan fingerprint density at radius 1 is 1.00 bits per heavy atom. The zero-order valence-electron chi connectivity index (χ0n) is 17.2. The van der Waals surface area contributed by atoms with Gasteiger partial charge in [-0.2, -0.15) is 0 Å². The lowest BCUT2D eigenvalue weighted by molar-refractivity contribution is -0.116. The molecule has 8 heteroatoms. The minimum absolute atomic E-state index is 0.121. The second-order valence-electron chi connectivity index (χ2n) is 7.56. The molecule has 0 aliphatic carbocycles. The number of hydrogen-bond donors (Lipinski definition) is 1. The van der Waals surface area contributed by atoms with Gasteiger partial charge in [0, 0.05) is 23.2 Å². The van der Waals surface area contributed by atoms with Crippen LogP contribution in [0.25, 0.3) is 10.9 Å². The fraction of sp³-hybridized carbons (Fsp3) is 0.125. The third-order valence-corrected chi connectivity index (χ3v) is 6.75. The number of benzene rings is 3. The minimum Gasteiger partial charge on any atom is -0.337 e. The molecule has 32 heavy (non-hydrogen) atoms. The minimum atomic E-state index is -3.70. The molecule has 1 amide bonds. The van der Waals surface area contributed by atoms with Crippen molar-refractivity contribution in [2.45, 2.75) is 24.1 Å². The number of sulfone groups is 1. The molecule has 5 nitrogen and oxygen atoms in total. The van der Waals surface area contributed by atoms with Crippen molar-refractivity contribution in [1.82, 2.24) is 4.57 Å². The highest BCUT2D eigenvalue weighted by molar-refractivity contribution is 7.90. The van der Waals surface area contributed by atoms with Crippen molar-refractivity contribution in [1.29, 1.82) is 0 Å². The molecule has 0 saturated carbocycles. The van der Waals surface area contributed by atoms with Gasteiger partial charge in [0.05, 0.1) is 16.3 Å². The maximum atomic E-state index is 13.9. The van der Waals surface area contributed by atoms with Gasteiger partial charge in [-0.25, -0.2) is 17.2 Å². The Balaban J connectivity index is 1.64. The zero-order valence-corrected chi connectivity index (χ0v) is 18.0. The molecule has 4 aromatic rings. The summed E-state index contributed by atoms with van der Waals surface area (Å²) in [6.45, 7) is 1.65. The molecule has 3 aromatic carbocycles. The maximum absolute atomic E-state index is 13.9. The molecule has 0 unspecified atom stereocenters. The predicted molar refractivity (Wildman–Crippen MR) is 119 cm³/mol. The highest BCUT2D eigenvalue weighted by atomic mass is 32.2. The Bertz CT molecular complexity index is 1430. The first-order valence-corrected chi connectivity index (χ1v) is 11.5. The van der Waals surface area contributed by atoms with Crippen LogP contribution in [0.1, 0.15) is 11.1 Å². The number of amides is 1. The van der Waals surface area contributed by atoms with E-state index in [1.54, 1.807) is 30.3 Å². The van der Waals surface area contributed by atoms with E-state index in [1.165, 1.54) is 10.8 Å². The number of aromatic nitrogens is 1. The molecule has 0 radical (unpaired) electrons. The van der Waals surface area contributed by atoms with Gasteiger partial charge in [-0.1, -0.05) is 48.0 Å². The summed E-state index contributed by atoms with van der Waals surface area (Å²) in [5, 5.41) is 2.89. The lowest BCUT2D eigenvalue weighted by Crippen LogP contribution is -2.19. The van der Waals surface area contributed by atoms with Crippen molar-refractivity contribution in [3.63, 3.8) is 0 Å². The number of rotatable bonds is 6. The molecule has 0 aliphatic heterocycles. The van der Waals surface area contributed by atoms with Crippen LogP contribution in [0.2, 0.25) is 0 Å². The van der Waals surface area contributed by atoms with Crippen LogP contribution >= 0.6 is 0 Å². The van der Waals surface area contributed by atoms with E-state index in [1.807, 2.05) is 25.1 Å². The van der Waals surface area contributed by atoms with E-state index in [4.69, 9.17) is 0 Å². The Kier molecular flexibility index (Phi) is 5.80. The van der Waals surface area contributed by atoms with Crippen molar-refractivity contribution in [3.05, 3.63) is 95.7 Å². The van der Waals surface area contributed by atoms with E-state index in [9.17, 15) is 22.0 Å². The largest absolute Gasteiger partial charge is 0.337 e. The monoisotopic (exact) mass is 454 g/mol. The number of carbonyl (C=O) groups is 1. The Morgan fingerprint density at radius 2 is 1.78 bits per heavy atom. The van der Waals surface area contributed by atoms with Crippen molar-refractivity contribution in [2.24, 2.45) is 0 Å². The third kappa shape index (κ3) is 4.55. The number of nitrogens with zero attached hydrogens (tertiary/aromatic N) is 1. The molecule has 0 aliphatic rings. The number of carbonyl (C=O) groups excluding carboxylic acids is 1. The van der Waals surface area contributed by atoms with Crippen molar-refractivity contribution in [2.75, 3.05) is 5.32 Å². The van der Waals surface area contributed by atoms with E-state index in [2.05, 4.69) is 5.32 Å². The van der Waals surface area contributed by atoms with Crippen LogP contribution in [0.4, 0.5) is 14.5 Å². The number of para-hydroxylation sites is 1. The molecule has 1 N–H and O–H groups in total. The van der Waals surface area contributed by atoms with Gasteiger partial charge in [0.1, 0.15) is 18.2 Å². The first-order valence-electron chi connectivity index (χ1n) is 9.84. The quantitative estimate of drug-likeness (QED) is 0.453. The summed E-state index contributed by atoms with van der Waals surface area (Å²) in [6.07, 6.45) is 1.43. The fourth-order valence-corrected chi connectivity index (χ4v) is 5.20.